The van der Waals surface area contributed by atoms with Gasteiger partial charge in [-0.1, -0.05) is 6.92 Å². The molecule has 2 atom stereocenters. The van der Waals surface area contributed by atoms with E-state index in [4.69, 9.17) is 4.74 Å². The van der Waals surface area contributed by atoms with Crippen LogP contribution in [-0.2, 0) is 28.7 Å². The number of carbonyl (C=O) groups is 5. The molecular weight excluding hydrogens is 352 g/mol. The Morgan fingerprint density at radius 1 is 1.36 bits per heavy atom. The molecule has 2 amide bonds. The van der Waals surface area contributed by atoms with Gasteiger partial charge in [0.25, 0.3) is 11.8 Å². The fourth-order valence-electron chi connectivity index (χ4n) is 2.55. The van der Waals surface area contributed by atoms with Crippen LogP contribution >= 0.6 is 11.8 Å². The minimum Gasteiger partial charge on any atom is -0.477 e. The summed E-state index contributed by atoms with van der Waals surface area (Å²) in [5.41, 5.74) is 0.0736. The number of carbonyl (C=O) groups excluding carboxylic acids is 4. The van der Waals surface area contributed by atoms with Gasteiger partial charge in [-0.25, -0.2) is 4.79 Å². The molecule has 2 aliphatic heterocycles. The SMILES string of the molecule is CCCC(=O)C(=O)N[C@@H]1C(=O)N2C(C(=O)O)=C(COC(C)=O)CS[C@H]12. The van der Waals surface area contributed by atoms with Crippen molar-refractivity contribution in [1.29, 1.82) is 0 Å². The topological polar surface area (TPSA) is 130 Å². The van der Waals surface area contributed by atoms with Crippen LogP contribution in [0.15, 0.2) is 11.3 Å². The first-order chi connectivity index (χ1) is 11.8. The van der Waals surface area contributed by atoms with Crippen LogP contribution in [0, 0.1) is 0 Å². The lowest BCUT2D eigenvalue weighted by molar-refractivity contribution is -0.152. The third-order valence-electron chi connectivity index (χ3n) is 3.72. The zero-order valence-corrected chi connectivity index (χ0v) is 14.6. The molecule has 0 aliphatic carbocycles. The van der Waals surface area contributed by atoms with Gasteiger partial charge in [0.2, 0.25) is 5.78 Å². The molecular formula is C15H18N2O7S. The maximum absolute atomic E-state index is 12.3. The number of esters is 1. The number of hydrogen-bond donors (Lipinski definition) is 2. The molecule has 1 saturated heterocycles. The Labute approximate surface area is 147 Å². The number of nitrogens with one attached hydrogen (secondary N) is 1. The molecule has 0 radical (unpaired) electrons. The van der Waals surface area contributed by atoms with Gasteiger partial charge in [-0.15, -0.1) is 11.8 Å². The molecule has 10 heteroatoms. The predicted molar refractivity (Wildman–Crippen MR) is 86.2 cm³/mol. The van der Waals surface area contributed by atoms with Crippen LogP contribution in [0.2, 0.25) is 0 Å². The van der Waals surface area contributed by atoms with Gasteiger partial charge in [-0.05, 0) is 6.42 Å². The smallest absolute Gasteiger partial charge is 0.352 e. The summed E-state index contributed by atoms with van der Waals surface area (Å²) < 4.78 is 4.83. The molecule has 0 aromatic carbocycles. The second-order valence-electron chi connectivity index (χ2n) is 5.57. The number of ketones is 1. The Bertz CT molecular complexity index is 673. The number of nitrogens with zero attached hydrogens (tertiary/aromatic N) is 1. The van der Waals surface area contributed by atoms with E-state index in [9.17, 15) is 29.1 Å². The van der Waals surface area contributed by atoms with Crippen molar-refractivity contribution >= 4 is 41.3 Å². The average molecular weight is 370 g/mol. The number of β-lactam (4-membered cyclic amide) rings is 1. The van der Waals surface area contributed by atoms with Gasteiger partial charge in [-0.3, -0.25) is 24.1 Å². The monoisotopic (exact) mass is 370 g/mol. The van der Waals surface area contributed by atoms with Gasteiger partial charge in [0.1, 0.15) is 23.7 Å². The molecule has 2 rings (SSSR count). The number of hydrogen-bond acceptors (Lipinski definition) is 7. The van der Waals surface area contributed by atoms with Crippen LogP contribution in [0.5, 0.6) is 0 Å². The minimum atomic E-state index is -1.31. The highest BCUT2D eigenvalue weighted by Gasteiger charge is 2.54. The van der Waals surface area contributed by atoms with E-state index >= 15 is 0 Å². The number of carboxylic acid groups (broad SMARTS) is 1. The number of amides is 2. The van der Waals surface area contributed by atoms with E-state index in [0.717, 1.165) is 4.90 Å². The lowest BCUT2D eigenvalue weighted by Crippen LogP contribution is -2.71. The van der Waals surface area contributed by atoms with Crippen LogP contribution in [0.1, 0.15) is 26.7 Å². The number of rotatable bonds is 7. The predicted octanol–water partition coefficient (Wildman–Crippen LogP) is -0.343. The summed E-state index contributed by atoms with van der Waals surface area (Å²) in [6.45, 7) is 2.74. The van der Waals surface area contributed by atoms with Crippen molar-refractivity contribution in [3.63, 3.8) is 0 Å². The molecule has 0 aromatic rings. The quantitative estimate of drug-likeness (QED) is 0.354. The van der Waals surface area contributed by atoms with E-state index in [-0.39, 0.29) is 24.5 Å². The van der Waals surface area contributed by atoms with Gasteiger partial charge in [-0.2, -0.15) is 0 Å². The largest absolute Gasteiger partial charge is 0.477 e. The third-order valence-corrected chi connectivity index (χ3v) is 5.06. The highest BCUT2D eigenvalue weighted by molar-refractivity contribution is 8.00. The molecule has 25 heavy (non-hydrogen) atoms. The van der Waals surface area contributed by atoms with Crippen LogP contribution in [-0.4, -0.2) is 63.3 Å². The van der Waals surface area contributed by atoms with Crippen LogP contribution < -0.4 is 5.32 Å². The van der Waals surface area contributed by atoms with Crippen molar-refractivity contribution in [2.45, 2.75) is 38.1 Å². The van der Waals surface area contributed by atoms with E-state index in [1.807, 2.05) is 0 Å². The number of thioether (sulfide) groups is 1. The minimum absolute atomic E-state index is 0.0844. The number of carboxylic acids is 1. The molecule has 2 N–H and O–H groups in total. The molecule has 0 saturated carbocycles. The van der Waals surface area contributed by atoms with Gasteiger partial charge in [0.15, 0.2) is 0 Å². The highest BCUT2D eigenvalue weighted by Crippen LogP contribution is 2.40. The number of Topliss-reactive ketones (excluding diaryl/α,β-unsaturated/α-hetero) is 1. The van der Waals surface area contributed by atoms with E-state index in [1.165, 1.54) is 18.7 Å². The summed E-state index contributed by atoms with van der Waals surface area (Å²) in [7, 11) is 0. The average Bonchev–Trinajstić information content (AvgIpc) is 2.56. The first-order valence-corrected chi connectivity index (χ1v) is 8.69. The molecule has 9 nitrogen and oxygen atoms in total. The van der Waals surface area contributed by atoms with Crippen LogP contribution in [0.25, 0.3) is 0 Å². The molecule has 0 unspecified atom stereocenters. The van der Waals surface area contributed by atoms with E-state index in [1.54, 1.807) is 6.92 Å². The first kappa shape index (κ1) is 19.0. The summed E-state index contributed by atoms with van der Waals surface area (Å²) in [6, 6.07) is -0.942. The summed E-state index contributed by atoms with van der Waals surface area (Å²) in [5.74, 6) is -3.69. The maximum Gasteiger partial charge on any atom is 0.352 e. The Morgan fingerprint density at radius 2 is 2.04 bits per heavy atom. The highest BCUT2D eigenvalue weighted by atomic mass is 32.2. The van der Waals surface area contributed by atoms with Gasteiger partial charge in [0.05, 0.1) is 0 Å². The van der Waals surface area contributed by atoms with Crippen LogP contribution in [0.4, 0.5) is 0 Å². The normalized spacial score (nSPS) is 22.0. The van der Waals surface area contributed by atoms with Crippen molar-refractivity contribution in [2.75, 3.05) is 12.4 Å². The molecule has 2 aliphatic rings. The van der Waals surface area contributed by atoms with Crippen molar-refractivity contribution in [1.82, 2.24) is 10.2 Å². The summed E-state index contributed by atoms with van der Waals surface area (Å²) >= 11 is 1.24. The molecule has 2 heterocycles. The first-order valence-electron chi connectivity index (χ1n) is 7.65. The van der Waals surface area contributed by atoms with Gasteiger partial charge >= 0.3 is 11.9 Å². The second kappa shape index (κ2) is 7.68. The van der Waals surface area contributed by atoms with Crippen molar-refractivity contribution in [3.8, 4) is 0 Å². The fraction of sp³-hybridized carbons (Fsp3) is 0.533. The number of ether oxygens (including phenoxy) is 1. The van der Waals surface area contributed by atoms with Gasteiger partial charge < -0.3 is 15.2 Å². The van der Waals surface area contributed by atoms with E-state index in [2.05, 4.69) is 5.32 Å². The number of aliphatic carboxylic acids is 1. The second-order valence-corrected chi connectivity index (χ2v) is 6.68. The molecule has 0 spiro atoms. The van der Waals surface area contributed by atoms with Crippen molar-refractivity contribution < 1.29 is 33.8 Å². The third kappa shape index (κ3) is 3.84. The summed E-state index contributed by atoms with van der Waals surface area (Å²) in [5, 5.41) is 11.2. The molecule has 0 bridgehead atoms. The Balaban J connectivity index is 2.13. The Hall–Kier alpha value is -2.36. The zero-order valence-electron chi connectivity index (χ0n) is 13.7. The molecule has 0 aromatic heterocycles. The van der Waals surface area contributed by atoms with E-state index in [0.29, 0.717) is 12.0 Å². The van der Waals surface area contributed by atoms with Gasteiger partial charge in [0, 0.05) is 24.7 Å². The Morgan fingerprint density at radius 3 is 2.60 bits per heavy atom. The van der Waals surface area contributed by atoms with E-state index < -0.39 is 41.0 Å². The maximum atomic E-state index is 12.3. The lowest BCUT2D eigenvalue weighted by atomic mass is 10.0. The van der Waals surface area contributed by atoms with Crippen molar-refractivity contribution in [3.05, 3.63) is 11.3 Å². The fourth-order valence-corrected chi connectivity index (χ4v) is 3.87. The summed E-state index contributed by atoms with van der Waals surface area (Å²) in [6.07, 6.45) is 0.599. The molecule has 1 fully saturated rings. The van der Waals surface area contributed by atoms with Crippen molar-refractivity contribution in [2.24, 2.45) is 0 Å². The standard InChI is InChI=1S/C15H18N2O7S/c1-3-4-9(19)12(20)16-10-13(21)17-11(15(22)23)8(5-24-7(2)18)6-25-14(10)17/h10,14H,3-6H2,1-2H3,(H,16,20)(H,22,23)/t10-,14-/m1/s1. The number of fused-ring (bicyclic) bond motifs is 1. The lowest BCUT2D eigenvalue weighted by Gasteiger charge is -2.49. The zero-order chi connectivity index (χ0) is 18.7. The van der Waals surface area contributed by atoms with Crippen LogP contribution in [0.3, 0.4) is 0 Å². The molecule has 136 valence electrons. The summed E-state index contributed by atoms with van der Waals surface area (Å²) in [4.78, 5) is 59.1. The Kier molecular flexibility index (Phi) is 5.83.